The van der Waals surface area contributed by atoms with Crippen molar-refractivity contribution in [1.29, 1.82) is 0 Å². The van der Waals surface area contributed by atoms with Crippen LogP contribution in [-0.2, 0) is 27.8 Å². The zero-order valence-electron chi connectivity index (χ0n) is 13.7. The third kappa shape index (κ3) is 3.84. The van der Waals surface area contributed by atoms with Gasteiger partial charge in [0.15, 0.2) is 0 Å². The van der Waals surface area contributed by atoms with Gasteiger partial charge >= 0.3 is 0 Å². The fourth-order valence-electron chi connectivity index (χ4n) is 2.98. The van der Waals surface area contributed by atoms with E-state index in [-0.39, 0.29) is 10.9 Å². The smallest absolute Gasteiger partial charge is 0.240 e. The van der Waals surface area contributed by atoms with Crippen LogP contribution in [0.15, 0.2) is 53.4 Å². The highest BCUT2D eigenvalue weighted by molar-refractivity contribution is 7.89. The molecule has 2 N–H and O–H groups in total. The fraction of sp³-hybridized carbons (Fsp3) is 0.333. The molecule has 1 atom stereocenters. The molecule has 0 aromatic heterocycles. The summed E-state index contributed by atoms with van der Waals surface area (Å²) in [5.41, 5.74) is 3.39. The van der Waals surface area contributed by atoms with E-state index in [1.54, 1.807) is 31.4 Å². The van der Waals surface area contributed by atoms with Gasteiger partial charge in [-0.25, -0.2) is 13.1 Å². The Morgan fingerprint density at radius 1 is 1.17 bits per heavy atom. The van der Waals surface area contributed by atoms with Gasteiger partial charge in [-0.15, -0.1) is 0 Å². The zero-order valence-corrected chi connectivity index (χ0v) is 14.5. The molecule has 0 saturated carbocycles. The van der Waals surface area contributed by atoms with Crippen molar-refractivity contribution in [3.8, 4) is 0 Å². The van der Waals surface area contributed by atoms with Crippen LogP contribution < -0.4 is 10.0 Å². The number of ether oxygens (including phenoxy) is 1. The van der Waals surface area contributed by atoms with Crippen LogP contribution in [0.4, 0.5) is 0 Å². The van der Waals surface area contributed by atoms with E-state index in [0.717, 1.165) is 18.5 Å². The molecule has 0 fully saturated rings. The average Bonchev–Trinajstić information content (AvgIpc) is 2.61. The van der Waals surface area contributed by atoms with Crippen molar-refractivity contribution < 1.29 is 13.2 Å². The van der Waals surface area contributed by atoms with E-state index in [2.05, 4.69) is 22.2 Å². The van der Waals surface area contributed by atoms with Crippen molar-refractivity contribution in [3.63, 3.8) is 0 Å². The van der Waals surface area contributed by atoms with Crippen molar-refractivity contribution in [2.75, 3.05) is 20.2 Å². The molecule has 0 saturated heterocycles. The Hall–Kier alpha value is -1.73. The molecule has 0 aliphatic carbocycles. The standard InChI is InChI=1S/C18H22N2O3S/c1-23-13-14-6-8-16(9-7-14)24(21,22)20-12-18-17-5-3-2-4-15(17)10-11-19-18/h2-9,18-20H,10-13H2,1H3. The first-order valence-corrected chi connectivity index (χ1v) is 9.47. The van der Waals surface area contributed by atoms with Crippen LogP contribution in [0.25, 0.3) is 0 Å². The van der Waals surface area contributed by atoms with E-state index >= 15 is 0 Å². The molecular weight excluding hydrogens is 324 g/mol. The Morgan fingerprint density at radius 2 is 1.92 bits per heavy atom. The summed E-state index contributed by atoms with van der Waals surface area (Å²) in [5, 5.41) is 3.38. The second-order valence-electron chi connectivity index (χ2n) is 5.88. The number of fused-ring (bicyclic) bond motifs is 1. The van der Waals surface area contributed by atoms with Crippen LogP contribution in [0.2, 0.25) is 0 Å². The van der Waals surface area contributed by atoms with Gasteiger partial charge in [0, 0.05) is 19.7 Å². The Bertz CT molecular complexity index is 788. The first-order valence-electron chi connectivity index (χ1n) is 7.99. The molecule has 1 heterocycles. The van der Waals surface area contributed by atoms with Gasteiger partial charge < -0.3 is 10.1 Å². The van der Waals surface area contributed by atoms with Gasteiger partial charge in [0.1, 0.15) is 0 Å². The van der Waals surface area contributed by atoms with Crippen molar-refractivity contribution in [1.82, 2.24) is 10.0 Å². The maximum atomic E-state index is 12.5. The van der Waals surface area contributed by atoms with E-state index in [0.29, 0.717) is 13.2 Å². The Labute approximate surface area is 143 Å². The van der Waals surface area contributed by atoms with Crippen LogP contribution in [0.5, 0.6) is 0 Å². The van der Waals surface area contributed by atoms with E-state index in [4.69, 9.17) is 4.74 Å². The fourth-order valence-corrected chi connectivity index (χ4v) is 4.03. The summed E-state index contributed by atoms with van der Waals surface area (Å²) in [4.78, 5) is 0.270. The summed E-state index contributed by atoms with van der Waals surface area (Å²) >= 11 is 0. The first kappa shape index (κ1) is 17.1. The van der Waals surface area contributed by atoms with Crippen molar-refractivity contribution in [2.45, 2.75) is 24.0 Å². The number of methoxy groups -OCH3 is 1. The van der Waals surface area contributed by atoms with Gasteiger partial charge in [-0.05, 0) is 41.8 Å². The van der Waals surface area contributed by atoms with Gasteiger partial charge in [0.25, 0.3) is 0 Å². The maximum Gasteiger partial charge on any atom is 0.240 e. The van der Waals surface area contributed by atoms with Crippen LogP contribution in [0.3, 0.4) is 0 Å². The lowest BCUT2D eigenvalue weighted by atomic mass is 9.95. The van der Waals surface area contributed by atoms with Crippen LogP contribution in [0, 0.1) is 0 Å². The number of nitrogens with one attached hydrogen (secondary N) is 2. The minimum absolute atomic E-state index is 0.00232. The molecule has 0 amide bonds. The van der Waals surface area contributed by atoms with E-state index in [1.165, 1.54) is 11.1 Å². The number of benzene rings is 2. The second kappa shape index (κ2) is 7.44. The van der Waals surface area contributed by atoms with Gasteiger partial charge in [0.05, 0.1) is 11.5 Å². The number of hydrogen-bond acceptors (Lipinski definition) is 4. The first-order chi connectivity index (χ1) is 11.6. The van der Waals surface area contributed by atoms with E-state index < -0.39 is 10.0 Å². The van der Waals surface area contributed by atoms with Crippen molar-refractivity contribution >= 4 is 10.0 Å². The van der Waals surface area contributed by atoms with Crippen LogP contribution >= 0.6 is 0 Å². The molecule has 3 rings (SSSR count). The lowest BCUT2D eigenvalue weighted by Gasteiger charge is -2.27. The minimum Gasteiger partial charge on any atom is -0.380 e. The molecule has 128 valence electrons. The molecule has 6 heteroatoms. The van der Waals surface area contributed by atoms with Gasteiger partial charge in [-0.3, -0.25) is 0 Å². The summed E-state index contributed by atoms with van der Waals surface area (Å²) in [6.07, 6.45) is 0.973. The largest absolute Gasteiger partial charge is 0.380 e. The second-order valence-corrected chi connectivity index (χ2v) is 7.65. The molecule has 24 heavy (non-hydrogen) atoms. The highest BCUT2D eigenvalue weighted by Gasteiger charge is 2.22. The Morgan fingerprint density at radius 3 is 2.67 bits per heavy atom. The highest BCUT2D eigenvalue weighted by atomic mass is 32.2. The third-order valence-electron chi connectivity index (χ3n) is 4.24. The lowest BCUT2D eigenvalue weighted by Crippen LogP contribution is -2.38. The maximum absolute atomic E-state index is 12.5. The average molecular weight is 346 g/mol. The molecule has 2 aromatic carbocycles. The summed E-state index contributed by atoms with van der Waals surface area (Å²) in [5.74, 6) is 0. The van der Waals surface area contributed by atoms with Crippen molar-refractivity contribution in [3.05, 3.63) is 65.2 Å². The predicted molar refractivity (Wildman–Crippen MR) is 93.2 cm³/mol. The van der Waals surface area contributed by atoms with E-state index in [1.807, 2.05) is 12.1 Å². The van der Waals surface area contributed by atoms with Crippen LogP contribution in [0.1, 0.15) is 22.7 Å². The SMILES string of the molecule is COCc1ccc(S(=O)(=O)NCC2NCCc3ccccc32)cc1. The summed E-state index contributed by atoms with van der Waals surface area (Å²) in [6.45, 7) is 1.66. The zero-order chi connectivity index (χ0) is 17.0. The normalized spacial score (nSPS) is 17.5. The number of rotatable bonds is 6. The summed E-state index contributed by atoms with van der Waals surface area (Å²) in [7, 11) is -1.91. The monoisotopic (exact) mass is 346 g/mol. The van der Waals surface area contributed by atoms with Gasteiger partial charge in [-0.2, -0.15) is 0 Å². The minimum atomic E-state index is -3.52. The Kier molecular flexibility index (Phi) is 5.30. The molecule has 5 nitrogen and oxygen atoms in total. The van der Waals surface area contributed by atoms with Crippen LogP contribution in [-0.4, -0.2) is 28.6 Å². The predicted octanol–water partition coefficient (Wildman–Crippen LogP) is 2.00. The van der Waals surface area contributed by atoms with Gasteiger partial charge in [-0.1, -0.05) is 36.4 Å². The number of hydrogen-bond donors (Lipinski definition) is 2. The summed E-state index contributed by atoms with van der Waals surface area (Å²) in [6, 6.07) is 14.9. The highest BCUT2D eigenvalue weighted by Crippen LogP contribution is 2.22. The Balaban J connectivity index is 1.70. The van der Waals surface area contributed by atoms with E-state index in [9.17, 15) is 8.42 Å². The topological polar surface area (TPSA) is 67.4 Å². The lowest BCUT2D eigenvalue weighted by molar-refractivity contribution is 0.185. The van der Waals surface area contributed by atoms with Crippen molar-refractivity contribution in [2.24, 2.45) is 0 Å². The molecule has 1 unspecified atom stereocenters. The molecule has 0 radical (unpaired) electrons. The molecule has 1 aliphatic heterocycles. The summed E-state index contributed by atoms with van der Waals surface area (Å²) < 4.78 is 32.7. The quantitative estimate of drug-likeness (QED) is 0.839. The molecule has 1 aliphatic rings. The third-order valence-corrected chi connectivity index (χ3v) is 5.68. The molecule has 0 spiro atoms. The molecule has 0 bridgehead atoms. The molecule has 2 aromatic rings. The number of sulfonamides is 1. The molecular formula is C18H22N2O3S. The van der Waals surface area contributed by atoms with Gasteiger partial charge in [0.2, 0.25) is 10.0 Å².